The number of ether oxygens (including phenoxy) is 2. The Bertz CT molecular complexity index is 937. The zero-order valence-electron chi connectivity index (χ0n) is 17.9. The monoisotopic (exact) mass is 412 g/mol. The Hall–Kier alpha value is -3.16. The van der Waals surface area contributed by atoms with E-state index in [9.17, 15) is 9.59 Å². The normalized spacial score (nSPS) is 16.3. The lowest BCUT2D eigenvalue weighted by molar-refractivity contribution is -0.117. The molecular weight excluding hydrogens is 384 g/mol. The summed E-state index contributed by atoms with van der Waals surface area (Å²) in [5.41, 5.74) is 8.10. The van der Waals surface area contributed by atoms with E-state index in [1.165, 1.54) is 7.11 Å². The predicted octanol–water partition coefficient (Wildman–Crippen LogP) is 2.16. The summed E-state index contributed by atoms with van der Waals surface area (Å²) in [5, 5.41) is 0. The SMILES string of the molecule is COc1cccc(C(=O)N2CCC[C@@H](c3nc(C)c(CC(N)=O)c(C)n3)C2)c1OC. The van der Waals surface area contributed by atoms with Crippen LogP contribution in [0, 0.1) is 13.8 Å². The third-order valence-electron chi connectivity index (χ3n) is 5.50. The van der Waals surface area contributed by atoms with Gasteiger partial charge in [-0.3, -0.25) is 9.59 Å². The Kier molecular flexibility index (Phi) is 6.54. The molecule has 2 N–H and O–H groups in total. The first kappa shape index (κ1) is 21.5. The second kappa shape index (κ2) is 9.11. The van der Waals surface area contributed by atoms with Crippen molar-refractivity contribution in [3.05, 3.63) is 46.5 Å². The molecule has 0 radical (unpaired) electrons. The molecule has 160 valence electrons. The van der Waals surface area contributed by atoms with Crippen LogP contribution in [0.4, 0.5) is 0 Å². The summed E-state index contributed by atoms with van der Waals surface area (Å²) in [6, 6.07) is 5.29. The van der Waals surface area contributed by atoms with E-state index in [2.05, 4.69) is 9.97 Å². The van der Waals surface area contributed by atoms with Crippen molar-refractivity contribution >= 4 is 11.8 Å². The summed E-state index contributed by atoms with van der Waals surface area (Å²) in [4.78, 5) is 35.6. The highest BCUT2D eigenvalue weighted by atomic mass is 16.5. The number of nitrogens with zero attached hydrogens (tertiary/aromatic N) is 3. The van der Waals surface area contributed by atoms with Gasteiger partial charge in [-0.2, -0.15) is 0 Å². The van der Waals surface area contributed by atoms with Gasteiger partial charge in [0.05, 0.1) is 26.2 Å². The number of likely N-dealkylation sites (tertiary alicyclic amines) is 1. The van der Waals surface area contributed by atoms with E-state index in [-0.39, 0.29) is 18.2 Å². The van der Waals surface area contributed by atoms with E-state index in [0.717, 1.165) is 29.8 Å². The Morgan fingerprint density at radius 2 is 1.87 bits per heavy atom. The molecule has 2 heterocycles. The standard InChI is InChI=1S/C22H28N4O4/c1-13-17(11-19(23)27)14(2)25-21(24-13)15-7-6-10-26(12-15)22(28)16-8-5-9-18(29-3)20(16)30-4/h5,8-9,15H,6-7,10-12H2,1-4H3,(H2,23,27)/t15-/m1/s1. The number of methoxy groups -OCH3 is 2. The highest BCUT2D eigenvalue weighted by Gasteiger charge is 2.30. The Morgan fingerprint density at radius 1 is 1.17 bits per heavy atom. The molecule has 1 fully saturated rings. The number of hydrogen-bond donors (Lipinski definition) is 1. The Labute approximate surface area is 176 Å². The number of aromatic nitrogens is 2. The van der Waals surface area contributed by atoms with Crippen LogP contribution in [0.15, 0.2) is 18.2 Å². The van der Waals surface area contributed by atoms with Crippen LogP contribution in [-0.2, 0) is 11.2 Å². The van der Waals surface area contributed by atoms with Gasteiger partial charge in [0.15, 0.2) is 11.5 Å². The Morgan fingerprint density at radius 3 is 2.47 bits per heavy atom. The van der Waals surface area contributed by atoms with Gasteiger partial charge in [0.2, 0.25) is 5.91 Å². The van der Waals surface area contributed by atoms with Gasteiger partial charge in [-0.1, -0.05) is 6.07 Å². The van der Waals surface area contributed by atoms with Gasteiger partial charge >= 0.3 is 0 Å². The Balaban J connectivity index is 1.84. The number of primary amides is 1. The smallest absolute Gasteiger partial charge is 0.257 e. The fourth-order valence-corrected chi connectivity index (χ4v) is 3.98. The number of para-hydroxylation sites is 1. The molecule has 30 heavy (non-hydrogen) atoms. The number of nitrogens with two attached hydrogens (primary N) is 1. The van der Waals surface area contributed by atoms with Gasteiger partial charge < -0.3 is 20.1 Å². The van der Waals surface area contributed by atoms with Crippen LogP contribution in [0.25, 0.3) is 0 Å². The van der Waals surface area contributed by atoms with E-state index in [1.54, 1.807) is 25.3 Å². The third-order valence-corrected chi connectivity index (χ3v) is 5.50. The topological polar surface area (TPSA) is 108 Å². The molecule has 1 aliphatic heterocycles. The molecule has 8 nitrogen and oxygen atoms in total. The highest BCUT2D eigenvalue weighted by Crippen LogP contribution is 2.33. The van der Waals surface area contributed by atoms with Crippen LogP contribution in [0.3, 0.4) is 0 Å². The van der Waals surface area contributed by atoms with Crippen LogP contribution in [0.1, 0.15) is 51.9 Å². The molecule has 2 aromatic rings. The molecule has 0 saturated carbocycles. The van der Waals surface area contributed by atoms with Crippen LogP contribution < -0.4 is 15.2 Å². The zero-order chi connectivity index (χ0) is 21.8. The van der Waals surface area contributed by atoms with Gasteiger partial charge in [-0.25, -0.2) is 9.97 Å². The quantitative estimate of drug-likeness (QED) is 0.779. The van der Waals surface area contributed by atoms with Crippen molar-refractivity contribution in [3.63, 3.8) is 0 Å². The van der Waals surface area contributed by atoms with Crippen molar-refractivity contribution in [2.75, 3.05) is 27.3 Å². The van der Waals surface area contributed by atoms with E-state index < -0.39 is 5.91 Å². The fraction of sp³-hybridized carbons (Fsp3) is 0.455. The molecule has 0 bridgehead atoms. The minimum Gasteiger partial charge on any atom is -0.493 e. The molecule has 1 aromatic heterocycles. The maximum atomic E-state index is 13.2. The number of piperidine rings is 1. The first-order valence-corrected chi connectivity index (χ1v) is 9.98. The molecule has 0 aliphatic carbocycles. The summed E-state index contributed by atoms with van der Waals surface area (Å²) >= 11 is 0. The second-order valence-corrected chi connectivity index (χ2v) is 7.51. The molecule has 2 amide bonds. The van der Waals surface area contributed by atoms with Crippen molar-refractivity contribution < 1.29 is 19.1 Å². The number of rotatable bonds is 6. The lowest BCUT2D eigenvalue weighted by Gasteiger charge is -2.32. The summed E-state index contributed by atoms with van der Waals surface area (Å²) in [6.45, 7) is 4.91. The van der Waals surface area contributed by atoms with Crippen molar-refractivity contribution in [3.8, 4) is 11.5 Å². The molecule has 1 aliphatic rings. The van der Waals surface area contributed by atoms with Crippen LogP contribution in [-0.4, -0.2) is 54.0 Å². The van der Waals surface area contributed by atoms with Crippen molar-refractivity contribution in [2.45, 2.75) is 39.0 Å². The maximum absolute atomic E-state index is 13.2. The van der Waals surface area contributed by atoms with Gasteiger partial charge in [0, 0.05) is 36.0 Å². The van der Waals surface area contributed by atoms with Crippen LogP contribution in [0.2, 0.25) is 0 Å². The van der Waals surface area contributed by atoms with E-state index in [0.29, 0.717) is 36.0 Å². The van der Waals surface area contributed by atoms with Gasteiger partial charge in [-0.05, 0) is 38.8 Å². The van der Waals surface area contributed by atoms with Crippen LogP contribution >= 0.6 is 0 Å². The number of amides is 2. The lowest BCUT2D eigenvalue weighted by atomic mass is 9.95. The second-order valence-electron chi connectivity index (χ2n) is 7.51. The number of benzene rings is 1. The molecule has 1 saturated heterocycles. The van der Waals surface area contributed by atoms with Crippen molar-refractivity contribution in [2.24, 2.45) is 5.73 Å². The summed E-state index contributed by atoms with van der Waals surface area (Å²) in [6.07, 6.45) is 1.88. The van der Waals surface area contributed by atoms with Crippen LogP contribution in [0.5, 0.6) is 11.5 Å². The minimum absolute atomic E-state index is 0.0272. The first-order valence-electron chi connectivity index (χ1n) is 9.98. The predicted molar refractivity (Wildman–Crippen MR) is 112 cm³/mol. The molecule has 0 unspecified atom stereocenters. The molecule has 3 rings (SSSR count). The van der Waals surface area contributed by atoms with Crippen molar-refractivity contribution in [1.82, 2.24) is 14.9 Å². The molecule has 1 atom stereocenters. The fourth-order valence-electron chi connectivity index (χ4n) is 3.98. The van der Waals surface area contributed by atoms with E-state index in [1.807, 2.05) is 18.7 Å². The number of hydrogen-bond acceptors (Lipinski definition) is 6. The highest BCUT2D eigenvalue weighted by molar-refractivity contribution is 5.98. The van der Waals surface area contributed by atoms with Gasteiger partial charge in [0.25, 0.3) is 5.91 Å². The summed E-state index contributed by atoms with van der Waals surface area (Å²) < 4.78 is 10.8. The summed E-state index contributed by atoms with van der Waals surface area (Å²) in [7, 11) is 3.08. The molecule has 8 heteroatoms. The maximum Gasteiger partial charge on any atom is 0.257 e. The van der Waals surface area contributed by atoms with E-state index >= 15 is 0 Å². The molecular formula is C22H28N4O4. The van der Waals surface area contributed by atoms with E-state index in [4.69, 9.17) is 15.2 Å². The third kappa shape index (κ3) is 4.37. The minimum atomic E-state index is -0.403. The zero-order valence-corrected chi connectivity index (χ0v) is 17.9. The number of carbonyl (C=O) groups excluding carboxylic acids is 2. The number of carbonyl (C=O) groups is 2. The average Bonchev–Trinajstić information content (AvgIpc) is 2.74. The largest absolute Gasteiger partial charge is 0.493 e. The number of aryl methyl sites for hydroxylation is 2. The van der Waals surface area contributed by atoms with Crippen molar-refractivity contribution in [1.29, 1.82) is 0 Å². The lowest BCUT2D eigenvalue weighted by Crippen LogP contribution is -2.39. The molecule has 0 spiro atoms. The average molecular weight is 412 g/mol. The summed E-state index contributed by atoms with van der Waals surface area (Å²) in [5.74, 6) is 1.18. The first-order chi connectivity index (χ1) is 14.3. The molecule has 1 aromatic carbocycles. The van der Waals surface area contributed by atoms with Gasteiger partial charge in [-0.15, -0.1) is 0 Å². The van der Waals surface area contributed by atoms with Gasteiger partial charge in [0.1, 0.15) is 5.82 Å².